The highest BCUT2D eigenvalue weighted by Gasteiger charge is 2.45. The standard InChI is InChI=1S/C24H27N3O3/c1-15-25-21-20(27(15)3)14-18(23(29)26(2)12-13-28)17-9-11-24(30-22(17)21)10-8-16-6-4-5-7-19(16)24/h4-7,14,28H,8-13H2,1-3H3. The SMILES string of the molecule is Cc1nc2c3c(c(C(=O)N(C)CCO)cc2n1C)CCC1(CCc2ccccc21)O3. The first-order chi connectivity index (χ1) is 14.4. The predicted octanol–water partition coefficient (Wildman–Crippen LogP) is 3.11. The summed E-state index contributed by atoms with van der Waals surface area (Å²) in [7, 11) is 3.69. The van der Waals surface area contributed by atoms with Gasteiger partial charge in [0.1, 0.15) is 16.9 Å². The Labute approximate surface area is 176 Å². The molecule has 6 nitrogen and oxygen atoms in total. The van der Waals surface area contributed by atoms with Crippen LogP contribution >= 0.6 is 0 Å². The van der Waals surface area contributed by atoms with Crippen LogP contribution in [-0.2, 0) is 25.5 Å². The number of imidazole rings is 1. The topological polar surface area (TPSA) is 67.6 Å². The van der Waals surface area contributed by atoms with Crippen molar-refractivity contribution in [3.63, 3.8) is 0 Å². The van der Waals surface area contributed by atoms with Gasteiger partial charge in [-0.05, 0) is 49.8 Å². The van der Waals surface area contributed by atoms with E-state index in [1.54, 1.807) is 11.9 Å². The zero-order valence-electron chi connectivity index (χ0n) is 17.7. The van der Waals surface area contributed by atoms with Crippen molar-refractivity contribution in [2.24, 2.45) is 7.05 Å². The fourth-order valence-electron chi connectivity index (χ4n) is 5.05. The number of ether oxygens (including phenoxy) is 1. The largest absolute Gasteiger partial charge is 0.480 e. The van der Waals surface area contributed by atoms with Crippen LogP contribution in [0.1, 0.15) is 45.7 Å². The van der Waals surface area contributed by atoms with Crippen molar-refractivity contribution in [2.45, 2.75) is 38.2 Å². The Morgan fingerprint density at radius 2 is 2.07 bits per heavy atom. The van der Waals surface area contributed by atoms with Crippen LogP contribution in [-0.4, -0.2) is 45.7 Å². The molecule has 0 saturated heterocycles. The van der Waals surface area contributed by atoms with Crippen LogP contribution in [0, 0.1) is 6.92 Å². The van der Waals surface area contributed by atoms with Crippen molar-refractivity contribution in [2.75, 3.05) is 20.2 Å². The monoisotopic (exact) mass is 405 g/mol. The van der Waals surface area contributed by atoms with Crippen molar-refractivity contribution < 1.29 is 14.6 Å². The number of rotatable bonds is 3. The first-order valence-electron chi connectivity index (χ1n) is 10.6. The molecule has 2 aliphatic rings. The second-order valence-corrected chi connectivity index (χ2v) is 8.52. The van der Waals surface area contributed by atoms with Gasteiger partial charge in [0.25, 0.3) is 5.91 Å². The van der Waals surface area contributed by atoms with Crippen LogP contribution in [0.4, 0.5) is 0 Å². The number of aromatic nitrogens is 2. The van der Waals surface area contributed by atoms with Gasteiger partial charge in [-0.25, -0.2) is 4.98 Å². The van der Waals surface area contributed by atoms with Gasteiger partial charge in [-0.3, -0.25) is 4.79 Å². The fourth-order valence-corrected chi connectivity index (χ4v) is 5.05. The van der Waals surface area contributed by atoms with E-state index >= 15 is 0 Å². The summed E-state index contributed by atoms with van der Waals surface area (Å²) < 4.78 is 8.83. The summed E-state index contributed by atoms with van der Waals surface area (Å²) in [6.07, 6.45) is 3.57. The minimum Gasteiger partial charge on any atom is -0.480 e. The fraction of sp³-hybridized carbons (Fsp3) is 0.417. The quantitative estimate of drug-likeness (QED) is 0.727. The van der Waals surface area contributed by atoms with E-state index in [0.29, 0.717) is 12.1 Å². The van der Waals surface area contributed by atoms with E-state index < -0.39 is 0 Å². The smallest absolute Gasteiger partial charge is 0.254 e. The third-order valence-corrected chi connectivity index (χ3v) is 6.85. The van der Waals surface area contributed by atoms with Crippen LogP contribution < -0.4 is 4.74 Å². The number of aliphatic hydroxyl groups is 1. The van der Waals surface area contributed by atoms with E-state index in [1.165, 1.54) is 11.1 Å². The second kappa shape index (κ2) is 6.84. The lowest BCUT2D eigenvalue weighted by molar-refractivity contribution is 0.0455. The number of aliphatic hydroxyl groups excluding tert-OH is 1. The second-order valence-electron chi connectivity index (χ2n) is 8.52. The molecule has 1 atom stereocenters. The molecule has 0 saturated carbocycles. The molecular formula is C24H27N3O3. The summed E-state index contributed by atoms with van der Waals surface area (Å²) in [5, 5.41) is 9.29. The molecule has 1 spiro atoms. The van der Waals surface area contributed by atoms with Crippen LogP contribution in [0.3, 0.4) is 0 Å². The number of hydrogen-bond donors (Lipinski definition) is 1. The summed E-state index contributed by atoms with van der Waals surface area (Å²) in [5.74, 6) is 1.54. The molecule has 1 unspecified atom stereocenters. The Hall–Kier alpha value is -2.86. The molecule has 2 heterocycles. The molecule has 1 N–H and O–H groups in total. The molecule has 0 fully saturated rings. The first kappa shape index (κ1) is 19.1. The Morgan fingerprint density at radius 3 is 2.87 bits per heavy atom. The molecular weight excluding hydrogens is 378 g/mol. The maximum Gasteiger partial charge on any atom is 0.254 e. The summed E-state index contributed by atoms with van der Waals surface area (Å²) in [4.78, 5) is 19.6. The molecule has 0 bridgehead atoms. The molecule has 6 heteroatoms. The number of nitrogens with zero attached hydrogens (tertiary/aromatic N) is 3. The van der Waals surface area contributed by atoms with E-state index in [1.807, 2.05) is 24.6 Å². The van der Waals surface area contributed by atoms with Crippen molar-refractivity contribution >= 4 is 16.9 Å². The molecule has 5 rings (SSSR count). The molecule has 0 radical (unpaired) electrons. The van der Waals surface area contributed by atoms with Crippen LogP contribution in [0.25, 0.3) is 11.0 Å². The lowest BCUT2D eigenvalue weighted by atomic mass is 9.84. The van der Waals surface area contributed by atoms with Gasteiger partial charge in [0.05, 0.1) is 12.1 Å². The van der Waals surface area contributed by atoms with Gasteiger partial charge >= 0.3 is 0 Å². The van der Waals surface area contributed by atoms with Crippen molar-refractivity contribution in [3.05, 3.63) is 58.4 Å². The third kappa shape index (κ3) is 2.67. The first-order valence-corrected chi connectivity index (χ1v) is 10.6. The van der Waals surface area contributed by atoms with Gasteiger partial charge < -0.3 is 19.3 Å². The van der Waals surface area contributed by atoms with Gasteiger partial charge in [0.15, 0.2) is 5.75 Å². The number of likely N-dealkylation sites (N-methyl/N-ethyl adjacent to an activating group) is 1. The minimum atomic E-state index is -0.347. The molecule has 1 aromatic heterocycles. The molecule has 156 valence electrons. The van der Waals surface area contributed by atoms with Crippen molar-refractivity contribution in [1.82, 2.24) is 14.5 Å². The lowest BCUT2D eigenvalue weighted by Gasteiger charge is -2.37. The molecule has 1 aliphatic carbocycles. The highest BCUT2D eigenvalue weighted by Crippen LogP contribution is 2.50. The summed E-state index contributed by atoms with van der Waals surface area (Å²) in [6.45, 7) is 2.21. The zero-order chi connectivity index (χ0) is 21.0. The van der Waals surface area contributed by atoms with Crippen molar-refractivity contribution in [1.29, 1.82) is 0 Å². The van der Waals surface area contributed by atoms with E-state index in [9.17, 15) is 9.90 Å². The number of hydrogen-bond acceptors (Lipinski definition) is 4. The number of fused-ring (bicyclic) bond motifs is 5. The van der Waals surface area contributed by atoms with E-state index in [2.05, 4.69) is 24.3 Å². The Morgan fingerprint density at radius 1 is 1.30 bits per heavy atom. The van der Waals surface area contributed by atoms with Crippen molar-refractivity contribution in [3.8, 4) is 5.75 Å². The highest BCUT2D eigenvalue weighted by molar-refractivity contribution is 6.01. The van der Waals surface area contributed by atoms with E-state index in [-0.39, 0.29) is 18.1 Å². The summed E-state index contributed by atoms with van der Waals surface area (Å²) in [5.41, 5.74) is 5.59. The minimum absolute atomic E-state index is 0.0616. The maximum atomic E-state index is 13.2. The van der Waals surface area contributed by atoms with Gasteiger partial charge in [-0.15, -0.1) is 0 Å². The number of carbonyl (C=O) groups is 1. The van der Waals surface area contributed by atoms with Gasteiger partial charge in [-0.1, -0.05) is 24.3 Å². The summed E-state index contributed by atoms with van der Waals surface area (Å²) >= 11 is 0. The Kier molecular flexibility index (Phi) is 4.36. The Bertz CT molecular complexity index is 1170. The normalized spacial score (nSPS) is 19.6. The van der Waals surface area contributed by atoms with E-state index in [0.717, 1.165) is 53.9 Å². The van der Waals surface area contributed by atoms with Crippen LogP contribution in [0.5, 0.6) is 5.75 Å². The number of benzene rings is 2. The maximum absolute atomic E-state index is 13.2. The zero-order valence-corrected chi connectivity index (χ0v) is 17.7. The molecule has 3 aromatic rings. The van der Waals surface area contributed by atoms with Gasteiger partial charge in [-0.2, -0.15) is 0 Å². The van der Waals surface area contributed by atoms with Gasteiger partial charge in [0, 0.05) is 31.8 Å². The number of aryl methyl sites for hydroxylation is 3. The number of carbonyl (C=O) groups excluding carboxylic acids is 1. The lowest BCUT2D eigenvalue weighted by Crippen LogP contribution is -2.36. The number of amides is 1. The molecule has 1 aliphatic heterocycles. The van der Waals surface area contributed by atoms with Crippen LogP contribution in [0.2, 0.25) is 0 Å². The van der Waals surface area contributed by atoms with E-state index in [4.69, 9.17) is 9.72 Å². The Balaban J connectivity index is 1.69. The average molecular weight is 405 g/mol. The average Bonchev–Trinajstić information content (AvgIpc) is 3.25. The highest BCUT2D eigenvalue weighted by atomic mass is 16.5. The third-order valence-electron chi connectivity index (χ3n) is 6.85. The van der Waals surface area contributed by atoms with Crippen LogP contribution in [0.15, 0.2) is 30.3 Å². The predicted molar refractivity (Wildman–Crippen MR) is 115 cm³/mol. The molecule has 2 aromatic carbocycles. The molecule has 1 amide bonds. The molecule has 30 heavy (non-hydrogen) atoms. The summed E-state index contributed by atoms with van der Waals surface area (Å²) in [6, 6.07) is 10.5. The van der Waals surface area contributed by atoms with Gasteiger partial charge in [0.2, 0.25) is 0 Å².